The van der Waals surface area contributed by atoms with Crippen LogP contribution in [0.15, 0.2) is 4.99 Å². The summed E-state index contributed by atoms with van der Waals surface area (Å²) < 4.78 is 0. The molecule has 0 fully saturated rings. The molecule has 96 valence electrons. The Morgan fingerprint density at radius 2 is 1.81 bits per heavy atom. The minimum atomic E-state index is 0.234. The van der Waals surface area contributed by atoms with Crippen LogP contribution in [0.25, 0.3) is 0 Å². The van der Waals surface area contributed by atoms with Crippen molar-refractivity contribution in [3.05, 3.63) is 0 Å². The molecule has 0 aliphatic heterocycles. The zero-order chi connectivity index (χ0) is 12.6. The first-order chi connectivity index (χ1) is 7.53. The van der Waals surface area contributed by atoms with E-state index in [0.29, 0.717) is 12.0 Å². The molecule has 5 heteroatoms. The summed E-state index contributed by atoms with van der Waals surface area (Å²) in [6.45, 7) is 13.6. The number of aliphatic imine (C=N–C) groups is 1. The van der Waals surface area contributed by atoms with Gasteiger partial charge in [0.1, 0.15) is 0 Å². The first-order valence-electron chi connectivity index (χ1n) is 6.06. The van der Waals surface area contributed by atoms with Crippen LogP contribution < -0.4 is 16.6 Å². The minimum absolute atomic E-state index is 0.234. The van der Waals surface area contributed by atoms with E-state index >= 15 is 0 Å². The SMILES string of the molecule is CCN(CC)CC(C)N=C(NN)NC(C)C. The van der Waals surface area contributed by atoms with Crippen molar-refractivity contribution in [2.45, 2.75) is 46.7 Å². The molecule has 5 nitrogen and oxygen atoms in total. The molecule has 1 unspecified atom stereocenters. The zero-order valence-electron chi connectivity index (χ0n) is 11.2. The largest absolute Gasteiger partial charge is 0.353 e. The molecule has 0 radical (unpaired) electrons. The van der Waals surface area contributed by atoms with Crippen LogP contribution in [0.3, 0.4) is 0 Å². The first-order valence-corrected chi connectivity index (χ1v) is 6.06. The van der Waals surface area contributed by atoms with Gasteiger partial charge in [0.2, 0.25) is 5.96 Å². The fourth-order valence-corrected chi connectivity index (χ4v) is 1.51. The average molecular weight is 229 g/mol. The number of nitrogens with one attached hydrogen (secondary N) is 2. The summed E-state index contributed by atoms with van der Waals surface area (Å²) in [5.41, 5.74) is 2.59. The third-order valence-corrected chi connectivity index (χ3v) is 2.33. The third kappa shape index (κ3) is 6.63. The number of nitrogens with two attached hydrogens (primary N) is 1. The molecular formula is C11H27N5. The topological polar surface area (TPSA) is 65.7 Å². The van der Waals surface area contributed by atoms with Crippen LogP contribution in [0.4, 0.5) is 0 Å². The Morgan fingerprint density at radius 3 is 2.19 bits per heavy atom. The second kappa shape index (κ2) is 8.35. The molecule has 0 saturated carbocycles. The van der Waals surface area contributed by atoms with Gasteiger partial charge in [-0.15, -0.1) is 0 Å². The van der Waals surface area contributed by atoms with E-state index < -0.39 is 0 Å². The molecule has 0 aromatic carbocycles. The highest BCUT2D eigenvalue weighted by Crippen LogP contribution is 1.96. The predicted octanol–water partition coefficient (Wildman–Crippen LogP) is 0.534. The number of guanidine groups is 1. The normalized spacial score (nSPS) is 14.4. The summed E-state index contributed by atoms with van der Waals surface area (Å²) in [7, 11) is 0. The molecule has 0 heterocycles. The van der Waals surface area contributed by atoms with E-state index in [1.807, 2.05) is 0 Å². The zero-order valence-corrected chi connectivity index (χ0v) is 11.2. The van der Waals surface area contributed by atoms with E-state index in [4.69, 9.17) is 5.84 Å². The van der Waals surface area contributed by atoms with Crippen LogP contribution in [0, 0.1) is 0 Å². The lowest BCUT2D eigenvalue weighted by Crippen LogP contribution is -2.45. The molecule has 0 saturated heterocycles. The quantitative estimate of drug-likeness (QED) is 0.269. The van der Waals surface area contributed by atoms with E-state index in [9.17, 15) is 0 Å². The first kappa shape index (κ1) is 15.2. The fourth-order valence-electron chi connectivity index (χ4n) is 1.51. The Bertz CT molecular complexity index is 199. The summed E-state index contributed by atoms with van der Waals surface area (Å²) in [5, 5.41) is 3.17. The maximum atomic E-state index is 5.41. The van der Waals surface area contributed by atoms with Gasteiger partial charge in [0.15, 0.2) is 0 Å². The highest BCUT2D eigenvalue weighted by atomic mass is 15.3. The van der Waals surface area contributed by atoms with E-state index in [-0.39, 0.29) is 6.04 Å². The summed E-state index contributed by atoms with van der Waals surface area (Å²) in [6, 6.07) is 0.563. The smallest absolute Gasteiger partial charge is 0.206 e. The van der Waals surface area contributed by atoms with E-state index in [0.717, 1.165) is 19.6 Å². The molecule has 1 atom stereocenters. The van der Waals surface area contributed by atoms with Crippen LogP contribution >= 0.6 is 0 Å². The van der Waals surface area contributed by atoms with Crippen molar-refractivity contribution in [2.24, 2.45) is 10.8 Å². The van der Waals surface area contributed by atoms with Gasteiger partial charge in [0.05, 0.1) is 6.04 Å². The molecule has 4 N–H and O–H groups in total. The molecule has 0 aromatic heterocycles. The Morgan fingerprint density at radius 1 is 1.25 bits per heavy atom. The Labute approximate surface area is 99.5 Å². The molecule has 0 spiro atoms. The lowest BCUT2D eigenvalue weighted by atomic mass is 10.3. The van der Waals surface area contributed by atoms with Gasteiger partial charge in [-0.05, 0) is 33.9 Å². The summed E-state index contributed by atoms with van der Waals surface area (Å²) in [6.07, 6.45) is 0. The molecule has 0 aliphatic carbocycles. The fraction of sp³-hybridized carbons (Fsp3) is 0.909. The number of rotatable bonds is 6. The monoisotopic (exact) mass is 229 g/mol. The van der Waals surface area contributed by atoms with E-state index in [1.54, 1.807) is 0 Å². The molecule has 0 rings (SSSR count). The van der Waals surface area contributed by atoms with Crippen molar-refractivity contribution in [3.8, 4) is 0 Å². The summed E-state index contributed by atoms with van der Waals surface area (Å²) in [5.74, 6) is 6.07. The summed E-state index contributed by atoms with van der Waals surface area (Å²) >= 11 is 0. The van der Waals surface area contributed by atoms with Gasteiger partial charge in [-0.25, -0.2) is 10.8 Å². The molecule has 0 aliphatic rings. The van der Waals surface area contributed by atoms with Crippen LogP contribution in [0.1, 0.15) is 34.6 Å². The van der Waals surface area contributed by atoms with Gasteiger partial charge in [0.25, 0.3) is 0 Å². The molecule has 0 aromatic rings. The van der Waals surface area contributed by atoms with Crippen molar-refractivity contribution < 1.29 is 0 Å². The van der Waals surface area contributed by atoms with Crippen LogP contribution in [-0.2, 0) is 0 Å². The maximum Gasteiger partial charge on any atom is 0.206 e. The van der Waals surface area contributed by atoms with Gasteiger partial charge in [0, 0.05) is 12.6 Å². The van der Waals surface area contributed by atoms with Crippen molar-refractivity contribution in [2.75, 3.05) is 19.6 Å². The Balaban J connectivity index is 4.24. The minimum Gasteiger partial charge on any atom is -0.353 e. The molecule has 16 heavy (non-hydrogen) atoms. The van der Waals surface area contributed by atoms with Crippen LogP contribution in [-0.4, -0.2) is 42.6 Å². The predicted molar refractivity (Wildman–Crippen MR) is 70.3 cm³/mol. The highest BCUT2D eigenvalue weighted by Gasteiger charge is 2.07. The van der Waals surface area contributed by atoms with Crippen molar-refractivity contribution in [1.82, 2.24) is 15.6 Å². The van der Waals surface area contributed by atoms with Crippen LogP contribution in [0.5, 0.6) is 0 Å². The van der Waals surface area contributed by atoms with Gasteiger partial charge in [-0.3, -0.25) is 5.43 Å². The summed E-state index contributed by atoms with van der Waals surface area (Å²) in [4.78, 5) is 6.84. The number of hydrogen-bond acceptors (Lipinski definition) is 3. The van der Waals surface area contributed by atoms with Gasteiger partial charge >= 0.3 is 0 Å². The van der Waals surface area contributed by atoms with Gasteiger partial charge in [-0.2, -0.15) is 0 Å². The number of nitrogens with zero attached hydrogens (tertiary/aromatic N) is 2. The van der Waals surface area contributed by atoms with Crippen molar-refractivity contribution in [3.63, 3.8) is 0 Å². The average Bonchev–Trinajstić information content (AvgIpc) is 2.24. The lowest BCUT2D eigenvalue weighted by molar-refractivity contribution is 0.289. The standard InChI is InChI=1S/C11H27N5/c1-6-16(7-2)8-10(5)14-11(15-12)13-9(3)4/h9-10H,6-8,12H2,1-5H3,(H2,13,14,15). The second-order valence-electron chi connectivity index (χ2n) is 4.26. The second-order valence-corrected chi connectivity index (χ2v) is 4.26. The number of hydrogen-bond donors (Lipinski definition) is 3. The Kier molecular flexibility index (Phi) is 7.93. The van der Waals surface area contributed by atoms with E-state index in [2.05, 4.69) is 55.3 Å². The van der Waals surface area contributed by atoms with Crippen LogP contribution in [0.2, 0.25) is 0 Å². The third-order valence-electron chi connectivity index (χ3n) is 2.33. The maximum absolute atomic E-state index is 5.41. The Hall–Kier alpha value is -0.810. The molecule has 0 amide bonds. The van der Waals surface area contributed by atoms with E-state index in [1.165, 1.54) is 0 Å². The van der Waals surface area contributed by atoms with Crippen molar-refractivity contribution >= 4 is 5.96 Å². The molecule has 0 bridgehead atoms. The molecular weight excluding hydrogens is 202 g/mol. The highest BCUT2D eigenvalue weighted by molar-refractivity contribution is 5.79. The number of hydrazine groups is 1. The lowest BCUT2D eigenvalue weighted by Gasteiger charge is -2.21. The van der Waals surface area contributed by atoms with Gasteiger partial charge in [-0.1, -0.05) is 13.8 Å². The van der Waals surface area contributed by atoms with Gasteiger partial charge < -0.3 is 10.2 Å². The number of likely N-dealkylation sites (N-methyl/N-ethyl adjacent to an activating group) is 1. The van der Waals surface area contributed by atoms with Crippen molar-refractivity contribution in [1.29, 1.82) is 0 Å².